The van der Waals surface area contributed by atoms with E-state index in [-0.39, 0.29) is 30.3 Å². The van der Waals surface area contributed by atoms with Crippen LogP contribution >= 0.6 is 0 Å². The molecule has 1 aliphatic carbocycles. The fraction of sp³-hybridized carbons (Fsp3) is 0.400. The van der Waals surface area contributed by atoms with Gasteiger partial charge in [0.2, 0.25) is 17.7 Å². The molecular weight excluding hydrogens is 390 g/mol. The Kier molecular flexibility index (Phi) is 7.45. The summed E-state index contributed by atoms with van der Waals surface area (Å²) >= 11 is 0. The lowest BCUT2D eigenvalue weighted by atomic mass is 9.79. The van der Waals surface area contributed by atoms with Crippen LogP contribution in [0.15, 0.2) is 60.7 Å². The van der Waals surface area contributed by atoms with E-state index in [4.69, 9.17) is 0 Å². The summed E-state index contributed by atoms with van der Waals surface area (Å²) in [6.07, 6.45) is 4.03. The number of benzene rings is 2. The average Bonchev–Trinajstić information content (AvgIpc) is 2.81. The van der Waals surface area contributed by atoms with Gasteiger partial charge < -0.3 is 15.5 Å². The van der Waals surface area contributed by atoms with Gasteiger partial charge in [0, 0.05) is 14.0 Å². The lowest BCUT2D eigenvalue weighted by Crippen LogP contribution is -2.61. The first-order valence-electron chi connectivity index (χ1n) is 10.9. The number of amides is 3. The molecule has 1 aliphatic rings. The standard InChI is InChI=1S/C25H31N3O3/c1-19(29)26-18-22(30)28(2)25(16-10-5-11-17-25)24(31)27-23(20-12-6-3-7-13-20)21-14-8-4-9-15-21/h3-4,6-9,12-15,23H,5,10-11,16-18H2,1-2H3,(H,26,29)(H,27,31). The van der Waals surface area contributed by atoms with Crippen molar-refractivity contribution < 1.29 is 14.4 Å². The van der Waals surface area contributed by atoms with Crippen LogP contribution in [0.3, 0.4) is 0 Å². The molecule has 0 spiro atoms. The second-order valence-corrected chi connectivity index (χ2v) is 8.18. The third-order valence-electron chi connectivity index (χ3n) is 6.15. The largest absolute Gasteiger partial charge is 0.347 e. The van der Waals surface area contributed by atoms with Crippen LogP contribution in [-0.2, 0) is 14.4 Å². The summed E-state index contributed by atoms with van der Waals surface area (Å²) in [6, 6.07) is 19.4. The van der Waals surface area contributed by atoms with Gasteiger partial charge in [-0.15, -0.1) is 0 Å². The minimum Gasteiger partial charge on any atom is -0.347 e. The first-order chi connectivity index (χ1) is 14.9. The van der Waals surface area contributed by atoms with Gasteiger partial charge in [-0.3, -0.25) is 14.4 Å². The third-order valence-corrected chi connectivity index (χ3v) is 6.15. The second kappa shape index (κ2) is 10.2. The number of rotatable bonds is 7. The van der Waals surface area contributed by atoms with E-state index in [0.29, 0.717) is 12.8 Å². The van der Waals surface area contributed by atoms with Crippen LogP contribution in [-0.4, -0.2) is 41.8 Å². The van der Waals surface area contributed by atoms with Gasteiger partial charge in [-0.05, 0) is 24.0 Å². The summed E-state index contributed by atoms with van der Waals surface area (Å²) in [7, 11) is 1.68. The Labute approximate surface area is 184 Å². The van der Waals surface area contributed by atoms with Crippen LogP contribution in [0.2, 0.25) is 0 Å². The van der Waals surface area contributed by atoms with E-state index in [1.807, 2.05) is 60.7 Å². The number of carbonyl (C=O) groups excluding carboxylic acids is 3. The van der Waals surface area contributed by atoms with Crippen LogP contribution in [0.5, 0.6) is 0 Å². The van der Waals surface area contributed by atoms with Crippen molar-refractivity contribution in [3.63, 3.8) is 0 Å². The zero-order chi connectivity index (χ0) is 22.3. The van der Waals surface area contributed by atoms with E-state index in [0.717, 1.165) is 30.4 Å². The Bertz CT molecular complexity index is 853. The molecule has 2 aromatic carbocycles. The highest BCUT2D eigenvalue weighted by atomic mass is 16.2. The van der Waals surface area contributed by atoms with E-state index in [2.05, 4.69) is 10.6 Å². The summed E-state index contributed by atoms with van der Waals surface area (Å²) in [5, 5.41) is 5.79. The van der Waals surface area contributed by atoms with E-state index < -0.39 is 5.54 Å². The molecule has 31 heavy (non-hydrogen) atoms. The number of carbonyl (C=O) groups is 3. The highest BCUT2D eigenvalue weighted by Gasteiger charge is 2.45. The first-order valence-corrected chi connectivity index (χ1v) is 10.9. The van der Waals surface area contributed by atoms with E-state index in [9.17, 15) is 14.4 Å². The summed E-state index contributed by atoms with van der Waals surface area (Å²) < 4.78 is 0. The van der Waals surface area contributed by atoms with Gasteiger partial charge in [0.15, 0.2) is 0 Å². The third kappa shape index (κ3) is 5.32. The Hall–Kier alpha value is -3.15. The molecule has 2 aromatic rings. The van der Waals surface area contributed by atoms with Gasteiger partial charge in [0.1, 0.15) is 5.54 Å². The van der Waals surface area contributed by atoms with E-state index in [1.165, 1.54) is 6.92 Å². The molecule has 3 amide bonds. The maximum atomic E-state index is 13.8. The van der Waals surface area contributed by atoms with E-state index >= 15 is 0 Å². The Morgan fingerprint density at radius 2 is 1.42 bits per heavy atom. The minimum absolute atomic E-state index is 0.109. The molecule has 1 fully saturated rings. The number of hydrogen-bond acceptors (Lipinski definition) is 3. The van der Waals surface area contributed by atoms with Gasteiger partial charge in [0.25, 0.3) is 0 Å². The van der Waals surface area contributed by atoms with Crippen LogP contribution in [0, 0.1) is 0 Å². The fourth-order valence-corrected chi connectivity index (χ4v) is 4.32. The molecule has 0 atom stereocenters. The van der Waals surface area contributed by atoms with Crippen LogP contribution in [0.4, 0.5) is 0 Å². The quantitative estimate of drug-likeness (QED) is 0.721. The molecule has 0 aromatic heterocycles. The molecule has 0 saturated heterocycles. The smallest absolute Gasteiger partial charge is 0.246 e. The van der Waals surface area contributed by atoms with Crippen molar-refractivity contribution >= 4 is 17.7 Å². The SMILES string of the molecule is CC(=O)NCC(=O)N(C)C1(C(=O)NC(c2ccccc2)c2ccccc2)CCCCC1. The van der Waals surface area contributed by atoms with Crippen molar-refractivity contribution in [3.05, 3.63) is 71.8 Å². The Balaban J connectivity index is 1.89. The Morgan fingerprint density at radius 1 is 0.903 bits per heavy atom. The van der Waals surface area contributed by atoms with Crippen LogP contribution in [0.1, 0.15) is 56.2 Å². The molecule has 0 heterocycles. The summed E-state index contributed by atoms with van der Waals surface area (Å²) in [5.41, 5.74) is 1.05. The van der Waals surface area contributed by atoms with Crippen LogP contribution < -0.4 is 10.6 Å². The normalized spacial score (nSPS) is 15.2. The maximum absolute atomic E-state index is 13.8. The molecule has 0 bridgehead atoms. The molecule has 6 heteroatoms. The zero-order valence-corrected chi connectivity index (χ0v) is 18.3. The van der Waals surface area contributed by atoms with Crippen molar-refractivity contribution in [2.45, 2.75) is 50.6 Å². The van der Waals surface area contributed by atoms with Crippen molar-refractivity contribution in [1.29, 1.82) is 0 Å². The number of nitrogens with one attached hydrogen (secondary N) is 2. The van der Waals surface area contributed by atoms with E-state index in [1.54, 1.807) is 11.9 Å². The van der Waals surface area contributed by atoms with Crippen molar-refractivity contribution in [3.8, 4) is 0 Å². The zero-order valence-electron chi connectivity index (χ0n) is 18.3. The Morgan fingerprint density at radius 3 is 1.90 bits per heavy atom. The van der Waals surface area contributed by atoms with Crippen LogP contribution in [0.25, 0.3) is 0 Å². The summed E-state index contributed by atoms with van der Waals surface area (Å²) in [5.74, 6) is -0.677. The van der Waals surface area contributed by atoms with Gasteiger partial charge in [0.05, 0.1) is 12.6 Å². The monoisotopic (exact) mass is 421 g/mol. The minimum atomic E-state index is -0.921. The summed E-state index contributed by atoms with van der Waals surface area (Å²) in [4.78, 5) is 39.4. The predicted octanol–water partition coefficient (Wildman–Crippen LogP) is 3.19. The average molecular weight is 422 g/mol. The van der Waals surface area contributed by atoms with Gasteiger partial charge in [-0.1, -0.05) is 79.9 Å². The molecule has 164 valence electrons. The highest BCUT2D eigenvalue weighted by Crippen LogP contribution is 2.35. The van der Waals surface area contributed by atoms with Gasteiger partial charge >= 0.3 is 0 Å². The lowest BCUT2D eigenvalue weighted by Gasteiger charge is -2.44. The topological polar surface area (TPSA) is 78.5 Å². The molecule has 0 aliphatic heterocycles. The van der Waals surface area contributed by atoms with Gasteiger partial charge in [-0.25, -0.2) is 0 Å². The maximum Gasteiger partial charge on any atom is 0.246 e. The summed E-state index contributed by atoms with van der Waals surface area (Å²) in [6.45, 7) is 1.27. The highest BCUT2D eigenvalue weighted by molar-refractivity contribution is 5.93. The van der Waals surface area contributed by atoms with Crippen molar-refractivity contribution in [2.75, 3.05) is 13.6 Å². The number of likely N-dealkylation sites (N-methyl/N-ethyl adjacent to an activating group) is 1. The molecule has 1 saturated carbocycles. The van der Waals surface area contributed by atoms with Crippen molar-refractivity contribution in [1.82, 2.24) is 15.5 Å². The molecule has 2 N–H and O–H groups in total. The molecule has 6 nitrogen and oxygen atoms in total. The van der Waals surface area contributed by atoms with Gasteiger partial charge in [-0.2, -0.15) is 0 Å². The van der Waals surface area contributed by atoms with Crippen molar-refractivity contribution in [2.24, 2.45) is 0 Å². The molecular formula is C25H31N3O3. The number of hydrogen-bond donors (Lipinski definition) is 2. The first kappa shape index (κ1) is 22.5. The molecule has 0 unspecified atom stereocenters. The lowest BCUT2D eigenvalue weighted by molar-refractivity contribution is -0.148. The predicted molar refractivity (Wildman–Crippen MR) is 120 cm³/mol. The molecule has 0 radical (unpaired) electrons. The number of nitrogens with zero attached hydrogens (tertiary/aromatic N) is 1. The molecule has 3 rings (SSSR count). The second-order valence-electron chi connectivity index (χ2n) is 8.18. The fourth-order valence-electron chi connectivity index (χ4n) is 4.32.